The molecule has 70 heavy (non-hydrogen) atoms. The second-order valence-corrected chi connectivity index (χ2v) is 18.5. The number of esters is 3. The number of rotatable bonds is 50. The van der Waals surface area contributed by atoms with Gasteiger partial charge in [-0.2, -0.15) is 0 Å². The van der Waals surface area contributed by atoms with Crippen LogP contribution in [0.2, 0.25) is 0 Å². The van der Waals surface area contributed by atoms with Crippen LogP contribution < -0.4 is 0 Å². The molecular formula is C64H104O6. The van der Waals surface area contributed by atoms with Crippen LogP contribution in [0.3, 0.4) is 0 Å². The largest absolute Gasteiger partial charge is 0.462 e. The highest BCUT2D eigenvalue weighted by Gasteiger charge is 2.19. The van der Waals surface area contributed by atoms with Crippen molar-refractivity contribution >= 4 is 17.9 Å². The van der Waals surface area contributed by atoms with Crippen LogP contribution in [0.4, 0.5) is 0 Å². The maximum absolute atomic E-state index is 12.8. The summed E-state index contributed by atoms with van der Waals surface area (Å²) in [5.74, 6) is -0.928. The Kier molecular flexibility index (Phi) is 54.0. The van der Waals surface area contributed by atoms with Crippen LogP contribution in [0.5, 0.6) is 0 Å². The van der Waals surface area contributed by atoms with Gasteiger partial charge in [-0.05, 0) is 109 Å². The highest BCUT2D eigenvalue weighted by molar-refractivity contribution is 5.71. The van der Waals surface area contributed by atoms with Gasteiger partial charge < -0.3 is 14.2 Å². The monoisotopic (exact) mass is 969 g/mol. The van der Waals surface area contributed by atoms with Gasteiger partial charge in [0.1, 0.15) is 13.2 Å². The Labute approximate surface area is 431 Å². The fourth-order valence-electron chi connectivity index (χ4n) is 7.44. The van der Waals surface area contributed by atoms with E-state index in [1.807, 2.05) is 0 Å². The molecule has 0 bridgehead atoms. The number of hydrogen-bond acceptors (Lipinski definition) is 6. The predicted octanol–water partition coefficient (Wildman–Crippen LogP) is 19.3. The highest BCUT2D eigenvalue weighted by atomic mass is 16.6. The van der Waals surface area contributed by atoms with Crippen LogP contribution in [-0.2, 0) is 28.6 Å². The minimum Gasteiger partial charge on any atom is -0.462 e. The summed E-state index contributed by atoms with van der Waals surface area (Å²) in [5, 5.41) is 0. The van der Waals surface area contributed by atoms with Gasteiger partial charge in [0.2, 0.25) is 0 Å². The zero-order valence-electron chi connectivity index (χ0n) is 45.2. The van der Waals surface area contributed by atoms with Crippen molar-refractivity contribution in [1.82, 2.24) is 0 Å². The molecule has 0 rings (SSSR count). The van der Waals surface area contributed by atoms with Gasteiger partial charge in [-0.25, -0.2) is 0 Å². The molecule has 0 saturated heterocycles. The van der Waals surface area contributed by atoms with Gasteiger partial charge in [-0.1, -0.05) is 239 Å². The quantitative estimate of drug-likeness (QED) is 0.0262. The zero-order valence-corrected chi connectivity index (χ0v) is 45.2. The Balaban J connectivity index is 4.22. The summed E-state index contributed by atoms with van der Waals surface area (Å²) in [4.78, 5) is 37.9. The van der Waals surface area contributed by atoms with Gasteiger partial charge in [-0.3, -0.25) is 14.4 Å². The first-order valence-electron chi connectivity index (χ1n) is 28.5. The van der Waals surface area contributed by atoms with Gasteiger partial charge in [0, 0.05) is 19.3 Å². The van der Waals surface area contributed by atoms with Crippen LogP contribution in [0.25, 0.3) is 0 Å². The van der Waals surface area contributed by atoms with Gasteiger partial charge in [-0.15, -0.1) is 0 Å². The lowest BCUT2D eigenvalue weighted by atomic mass is 10.1. The van der Waals surface area contributed by atoms with E-state index in [9.17, 15) is 14.4 Å². The van der Waals surface area contributed by atoms with Crippen molar-refractivity contribution in [3.8, 4) is 0 Å². The molecule has 1 atom stereocenters. The summed E-state index contributed by atoms with van der Waals surface area (Å²) in [7, 11) is 0. The SMILES string of the molecule is CC/C=C\C/C=C\C/C=C\C/C=C\C/C=C\C/C=C\C/C=C\C/C=C\CCCCCCCCC(=O)OCC(COC(=O)CCCCCCCCCC)OC(=O)CCCCCCC/C=C\C/C=C\CCC. The first kappa shape index (κ1) is 65.8. The Hall–Kier alpha value is -4.19. The maximum atomic E-state index is 12.8. The lowest BCUT2D eigenvalue weighted by Crippen LogP contribution is -2.30. The predicted molar refractivity (Wildman–Crippen MR) is 302 cm³/mol. The van der Waals surface area contributed by atoms with Crippen molar-refractivity contribution < 1.29 is 28.6 Å². The lowest BCUT2D eigenvalue weighted by Gasteiger charge is -2.18. The van der Waals surface area contributed by atoms with E-state index in [0.29, 0.717) is 19.3 Å². The Morgan fingerprint density at radius 2 is 0.586 bits per heavy atom. The summed E-state index contributed by atoms with van der Waals surface area (Å²) in [6.45, 7) is 6.39. The smallest absolute Gasteiger partial charge is 0.306 e. The average Bonchev–Trinajstić information content (AvgIpc) is 3.36. The van der Waals surface area contributed by atoms with Crippen LogP contribution in [0.15, 0.2) is 122 Å². The topological polar surface area (TPSA) is 78.9 Å². The van der Waals surface area contributed by atoms with Crippen molar-refractivity contribution in [3.05, 3.63) is 122 Å². The first-order chi connectivity index (χ1) is 34.5. The van der Waals surface area contributed by atoms with Gasteiger partial charge in [0.25, 0.3) is 0 Å². The van der Waals surface area contributed by atoms with Gasteiger partial charge in [0.15, 0.2) is 6.10 Å². The molecule has 0 aliphatic heterocycles. The van der Waals surface area contributed by atoms with E-state index in [4.69, 9.17) is 14.2 Å². The number of hydrogen-bond donors (Lipinski definition) is 0. The second kappa shape index (κ2) is 57.4. The van der Waals surface area contributed by atoms with E-state index in [-0.39, 0.29) is 31.1 Å². The molecule has 0 aromatic heterocycles. The second-order valence-electron chi connectivity index (χ2n) is 18.5. The average molecular weight is 970 g/mol. The molecule has 0 aliphatic carbocycles. The van der Waals surface area contributed by atoms with E-state index >= 15 is 0 Å². The molecule has 0 saturated carbocycles. The third kappa shape index (κ3) is 54.7. The summed E-state index contributed by atoms with van der Waals surface area (Å²) in [6, 6.07) is 0. The summed E-state index contributed by atoms with van der Waals surface area (Å²) in [6.07, 6.45) is 79.2. The molecule has 1 unspecified atom stereocenters. The van der Waals surface area contributed by atoms with Crippen LogP contribution >= 0.6 is 0 Å². The number of carbonyl (C=O) groups excluding carboxylic acids is 3. The normalized spacial score (nSPS) is 13.0. The molecule has 0 heterocycles. The van der Waals surface area contributed by atoms with E-state index < -0.39 is 6.10 Å². The van der Waals surface area contributed by atoms with Crippen molar-refractivity contribution in [2.24, 2.45) is 0 Å². The van der Waals surface area contributed by atoms with E-state index in [1.54, 1.807) is 0 Å². The summed E-state index contributed by atoms with van der Waals surface area (Å²) in [5.41, 5.74) is 0. The van der Waals surface area contributed by atoms with E-state index in [0.717, 1.165) is 154 Å². The third-order valence-corrected chi connectivity index (χ3v) is 11.7. The molecule has 0 fully saturated rings. The number of ether oxygens (including phenoxy) is 3. The molecule has 0 radical (unpaired) electrons. The Morgan fingerprint density at radius 1 is 0.300 bits per heavy atom. The van der Waals surface area contributed by atoms with Gasteiger partial charge in [0.05, 0.1) is 0 Å². The van der Waals surface area contributed by atoms with Crippen molar-refractivity contribution in [2.45, 2.75) is 252 Å². The summed E-state index contributed by atoms with van der Waals surface area (Å²) < 4.78 is 16.7. The van der Waals surface area contributed by atoms with E-state index in [1.165, 1.54) is 51.4 Å². The minimum atomic E-state index is -0.791. The molecule has 6 heteroatoms. The molecule has 0 aromatic carbocycles. The fraction of sp³-hybridized carbons (Fsp3) is 0.641. The Morgan fingerprint density at radius 3 is 0.929 bits per heavy atom. The zero-order chi connectivity index (χ0) is 50.7. The van der Waals surface area contributed by atoms with Crippen LogP contribution in [-0.4, -0.2) is 37.2 Å². The van der Waals surface area contributed by atoms with Crippen molar-refractivity contribution in [2.75, 3.05) is 13.2 Å². The molecule has 0 amide bonds. The molecule has 0 spiro atoms. The maximum Gasteiger partial charge on any atom is 0.306 e. The van der Waals surface area contributed by atoms with E-state index in [2.05, 4.69) is 142 Å². The number of allylic oxidation sites excluding steroid dienone is 20. The first-order valence-corrected chi connectivity index (χ1v) is 28.5. The van der Waals surface area contributed by atoms with Crippen LogP contribution in [0, 0.1) is 0 Å². The van der Waals surface area contributed by atoms with Crippen LogP contribution in [0.1, 0.15) is 245 Å². The standard InChI is InChI=1S/C64H104O6/c1-4-7-10-13-16-19-21-23-24-25-26-27-28-29-30-31-32-33-34-35-36-37-38-39-40-42-43-45-48-51-54-57-63(66)69-60-61(59-68-62(65)56-53-50-47-18-15-12-9-6-3)70-64(67)58-55-52-49-46-44-41-22-20-17-14-11-8-5-2/h7,10-11,14,16,19-20,22-24,26-27,29-30,32-33,35-36,38-39,61H,4-6,8-9,12-13,15,17-18,21,25,28,31,34,37,40-60H2,1-3H3/b10-7-,14-11-,19-16-,22-20-,24-23-,27-26-,30-29-,33-32-,36-35-,39-38-. The molecule has 0 aromatic rings. The fourth-order valence-corrected chi connectivity index (χ4v) is 7.44. The highest BCUT2D eigenvalue weighted by Crippen LogP contribution is 2.14. The summed E-state index contributed by atoms with van der Waals surface area (Å²) >= 11 is 0. The molecule has 6 nitrogen and oxygen atoms in total. The van der Waals surface area contributed by atoms with Gasteiger partial charge >= 0.3 is 17.9 Å². The van der Waals surface area contributed by atoms with Crippen molar-refractivity contribution in [1.29, 1.82) is 0 Å². The Bertz CT molecular complexity index is 1490. The van der Waals surface area contributed by atoms with Crippen molar-refractivity contribution in [3.63, 3.8) is 0 Å². The molecule has 0 N–H and O–H groups in total. The molecule has 396 valence electrons. The lowest BCUT2D eigenvalue weighted by molar-refractivity contribution is -0.167. The number of unbranched alkanes of at least 4 members (excludes halogenated alkanes) is 19. The number of carbonyl (C=O) groups is 3. The molecule has 0 aliphatic rings. The third-order valence-electron chi connectivity index (χ3n) is 11.7. The molecular weight excluding hydrogens is 865 g/mol. The minimum absolute atomic E-state index is 0.0895.